The molecule has 1 aromatic heterocycles. The van der Waals surface area contributed by atoms with Crippen molar-refractivity contribution in [2.24, 2.45) is 5.92 Å². The van der Waals surface area contributed by atoms with E-state index in [1.54, 1.807) is 6.92 Å². The summed E-state index contributed by atoms with van der Waals surface area (Å²) in [4.78, 5) is 15.7. The van der Waals surface area contributed by atoms with Crippen LogP contribution in [-0.4, -0.2) is 54.7 Å². The molecule has 0 radical (unpaired) electrons. The van der Waals surface area contributed by atoms with E-state index < -0.39 is 11.6 Å². The highest BCUT2D eigenvalue weighted by Gasteiger charge is 2.25. The van der Waals surface area contributed by atoms with Gasteiger partial charge < -0.3 is 14.7 Å². The van der Waals surface area contributed by atoms with Crippen LogP contribution < -0.4 is 10.2 Å². The van der Waals surface area contributed by atoms with Crippen molar-refractivity contribution in [2.75, 3.05) is 37.6 Å². The summed E-state index contributed by atoms with van der Waals surface area (Å²) in [6.45, 7) is 6.06. The highest BCUT2D eigenvalue weighted by molar-refractivity contribution is 5.88. The standard InChI is InChI=1S/C21H28F2N4O2/c1-14(28)24-16-4-2-15(3-5-16)6-7-26-8-10-27(11-9-26)21-17-12-18(22)19(23)13-20(17)29-25-21/h12-13,15-16H,2-11H2,1H3,(H,24,28). The minimum absolute atomic E-state index is 0.0686. The average molecular weight is 406 g/mol. The molecule has 29 heavy (non-hydrogen) atoms. The molecule has 1 N–H and O–H groups in total. The Morgan fingerprint density at radius 1 is 1.14 bits per heavy atom. The van der Waals surface area contributed by atoms with E-state index in [1.807, 2.05) is 0 Å². The second-order valence-electron chi connectivity index (χ2n) is 8.30. The lowest BCUT2D eigenvalue weighted by molar-refractivity contribution is -0.119. The van der Waals surface area contributed by atoms with Crippen LogP contribution in [0.5, 0.6) is 0 Å². The van der Waals surface area contributed by atoms with Crippen LogP contribution >= 0.6 is 0 Å². The molecule has 2 heterocycles. The van der Waals surface area contributed by atoms with Crippen LogP contribution in [0.15, 0.2) is 16.7 Å². The Bertz CT molecular complexity index is 856. The Morgan fingerprint density at radius 2 is 1.83 bits per heavy atom. The van der Waals surface area contributed by atoms with Gasteiger partial charge in [0.25, 0.3) is 0 Å². The van der Waals surface area contributed by atoms with Crippen molar-refractivity contribution in [2.45, 2.75) is 45.1 Å². The van der Waals surface area contributed by atoms with Crippen LogP contribution in [-0.2, 0) is 4.79 Å². The van der Waals surface area contributed by atoms with Gasteiger partial charge >= 0.3 is 0 Å². The normalized spacial score (nSPS) is 23.5. The molecule has 2 aromatic rings. The van der Waals surface area contributed by atoms with Crippen LogP contribution in [0.4, 0.5) is 14.6 Å². The third-order valence-electron chi connectivity index (χ3n) is 6.27. The first-order valence-electron chi connectivity index (χ1n) is 10.5. The van der Waals surface area contributed by atoms with E-state index in [1.165, 1.54) is 25.3 Å². The van der Waals surface area contributed by atoms with E-state index in [-0.39, 0.29) is 11.5 Å². The molecule has 1 aliphatic carbocycles. The topological polar surface area (TPSA) is 61.6 Å². The minimum Gasteiger partial charge on any atom is -0.354 e. The Morgan fingerprint density at radius 3 is 2.52 bits per heavy atom. The molecule has 6 nitrogen and oxygen atoms in total. The molecule has 1 saturated carbocycles. The largest absolute Gasteiger partial charge is 0.354 e. The number of rotatable bonds is 5. The number of carbonyl (C=O) groups is 1. The predicted octanol–water partition coefficient (Wildman–Crippen LogP) is 3.31. The zero-order valence-electron chi connectivity index (χ0n) is 16.8. The van der Waals surface area contributed by atoms with Gasteiger partial charge in [-0.25, -0.2) is 8.78 Å². The zero-order chi connectivity index (χ0) is 20.4. The van der Waals surface area contributed by atoms with Gasteiger partial charge in [-0.2, -0.15) is 0 Å². The van der Waals surface area contributed by atoms with E-state index in [2.05, 4.69) is 20.3 Å². The molecular formula is C21H28F2N4O2. The van der Waals surface area contributed by atoms with Gasteiger partial charge in [-0.3, -0.25) is 9.69 Å². The van der Waals surface area contributed by atoms with Gasteiger partial charge in [0.05, 0.1) is 5.39 Å². The number of anilines is 1. The molecule has 0 bridgehead atoms. The molecule has 1 aliphatic heterocycles. The molecule has 158 valence electrons. The van der Waals surface area contributed by atoms with Crippen molar-refractivity contribution < 1.29 is 18.1 Å². The van der Waals surface area contributed by atoms with Crippen LogP contribution in [0.1, 0.15) is 39.0 Å². The van der Waals surface area contributed by atoms with Crippen LogP contribution in [0.2, 0.25) is 0 Å². The molecule has 4 rings (SSSR count). The van der Waals surface area contributed by atoms with Crippen LogP contribution in [0.25, 0.3) is 11.0 Å². The number of amides is 1. The first-order chi connectivity index (χ1) is 14.0. The van der Waals surface area contributed by atoms with Crippen molar-refractivity contribution in [3.8, 4) is 0 Å². The minimum atomic E-state index is -0.920. The molecule has 0 atom stereocenters. The van der Waals surface area contributed by atoms with Gasteiger partial charge in [0.1, 0.15) is 0 Å². The number of aromatic nitrogens is 1. The fraction of sp³-hybridized carbons (Fsp3) is 0.619. The Kier molecular flexibility index (Phi) is 5.99. The van der Waals surface area contributed by atoms with Crippen molar-refractivity contribution >= 4 is 22.7 Å². The maximum atomic E-state index is 13.6. The van der Waals surface area contributed by atoms with Gasteiger partial charge in [-0.15, -0.1) is 0 Å². The summed E-state index contributed by atoms with van der Waals surface area (Å²) in [5.74, 6) is -0.408. The summed E-state index contributed by atoms with van der Waals surface area (Å²) in [6, 6.07) is 2.57. The Balaban J connectivity index is 1.24. The summed E-state index contributed by atoms with van der Waals surface area (Å²) in [6.07, 6.45) is 5.70. The lowest BCUT2D eigenvalue weighted by atomic mass is 9.84. The number of halogens is 2. The molecular weight excluding hydrogens is 378 g/mol. The average Bonchev–Trinajstić information content (AvgIpc) is 3.10. The number of fused-ring (bicyclic) bond motifs is 1. The number of benzene rings is 1. The number of carbonyl (C=O) groups excluding carboxylic acids is 1. The van der Waals surface area contributed by atoms with Crippen LogP contribution in [0.3, 0.4) is 0 Å². The van der Waals surface area contributed by atoms with Gasteiger partial charge in [-0.05, 0) is 50.6 Å². The highest BCUT2D eigenvalue weighted by Crippen LogP contribution is 2.30. The third kappa shape index (κ3) is 4.69. The number of piperazine rings is 1. The summed E-state index contributed by atoms with van der Waals surface area (Å²) in [5.41, 5.74) is 0.274. The molecule has 0 unspecified atom stereocenters. The Hall–Kier alpha value is -2.22. The molecule has 1 saturated heterocycles. The number of hydrogen-bond donors (Lipinski definition) is 1. The van der Waals surface area contributed by atoms with Crippen molar-refractivity contribution in [1.29, 1.82) is 0 Å². The molecule has 2 aliphatic rings. The second-order valence-corrected chi connectivity index (χ2v) is 8.30. The van der Waals surface area contributed by atoms with E-state index in [9.17, 15) is 13.6 Å². The lowest BCUT2D eigenvalue weighted by Crippen LogP contribution is -2.47. The monoisotopic (exact) mass is 406 g/mol. The second kappa shape index (κ2) is 8.65. The fourth-order valence-corrected chi connectivity index (χ4v) is 4.58. The third-order valence-corrected chi connectivity index (χ3v) is 6.27. The van der Waals surface area contributed by atoms with Crippen molar-refractivity contribution in [1.82, 2.24) is 15.4 Å². The lowest BCUT2D eigenvalue weighted by Gasteiger charge is -2.36. The fourth-order valence-electron chi connectivity index (χ4n) is 4.58. The van der Waals surface area contributed by atoms with Gasteiger partial charge in [-0.1, -0.05) is 5.16 Å². The summed E-state index contributed by atoms with van der Waals surface area (Å²) in [5, 5.41) is 7.60. The van der Waals surface area contributed by atoms with Crippen molar-refractivity contribution in [3.05, 3.63) is 23.8 Å². The van der Waals surface area contributed by atoms with E-state index in [0.29, 0.717) is 17.2 Å². The van der Waals surface area contributed by atoms with Crippen LogP contribution in [0, 0.1) is 17.6 Å². The summed E-state index contributed by atoms with van der Waals surface area (Å²) < 4.78 is 32.2. The molecule has 2 fully saturated rings. The first kappa shape index (κ1) is 20.1. The Labute approximate surface area is 169 Å². The van der Waals surface area contributed by atoms with Gasteiger partial charge in [0.15, 0.2) is 23.0 Å². The molecule has 0 spiro atoms. The van der Waals surface area contributed by atoms with E-state index >= 15 is 0 Å². The quantitative estimate of drug-likeness (QED) is 0.826. The molecule has 1 amide bonds. The number of nitrogens with zero attached hydrogens (tertiary/aromatic N) is 3. The highest BCUT2D eigenvalue weighted by atomic mass is 19.2. The summed E-state index contributed by atoms with van der Waals surface area (Å²) >= 11 is 0. The summed E-state index contributed by atoms with van der Waals surface area (Å²) in [7, 11) is 0. The van der Waals surface area contributed by atoms with Crippen molar-refractivity contribution in [3.63, 3.8) is 0 Å². The zero-order valence-corrected chi connectivity index (χ0v) is 16.8. The van der Waals surface area contributed by atoms with Gasteiger partial charge in [0, 0.05) is 45.2 Å². The number of hydrogen-bond acceptors (Lipinski definition) is 5. The van der Waals surface area contributed by atoms with E-state index in [0.717, 1.165) is 57.5 Å². The van der Waals surface area contributed by atoms with E-state index in [4.69, 9.17) is 4.52 Å². The maximum absolute atomic E-state index is 13.6. The maximum Gasteiger partial charge on any atom is 0.217 e. The molecule has 1 aromatic carbocycles. The van der Waals surface area contributed by atoms with Gasteiger partial charge in [0.2, 0.25) is 5.91 Å². The smallest absolute Gasteiger partial charge is 0.217 e. The first-order valence-corrected chi connectivity index (χ1v) is 10.5. The SMILES string of the molecule is CC(=O)NC1CCC(CCN2CCN(c3noc4cc(F)c(F)cc34)CC2)CC1. The number of nitrogens with one attached hydrogen (secondary N) is 1. The predicted molar refractivity (Wildman–Crippen MR) is 107 cm³/mol. The molecule has 8 heteroatoms.